The van der Waals surface area contributed by atoms with Crippen molar-refractivity contribution in [3.63, 3.8) is 0 Å². The molecule has 0 saturated carbocycles. The summed E-state index contributed by atoms with van der Waals surface area (Å²) in [6.45, 7) is 14.9. The second-order valence-electron chi connectivity index (χ2n) is 8.69. The van der Waals surface area contributed by atoms with Crippen LogP contribution >= 0.6 is 11.3 Å². The van der Waals surface area contributed by atoms with Crippen LogP contribution in [0.4, 0.5) is 0 Å². The van der Waals surface area contributed by atoms with Crippen molar-refractivity contribution in [2.45, 2.75) is 71.0 Å². The van der Waals surface area contributed by atoms with Gasteiger partial charge in [0.1, 0.15) is 5.82 Å². The van der Waals surface area contributed by atoms with E-state index in [2.05, 4.69) is 81.2 Å². The minimum absolute atomic E-state index is 0.634. The SMILES string of the molecule is CC(C)[Si](OCCCc1ncc(-c2ccc3ccsc3c2)[nH]1)(C(C)C)C(C)C. The number of aryl methyl sites for hydroxylation is 1. The van der Waals surface area contributed by atoms with E-state index in [1.54, 1.807) is 11.3 Å². The Kier molecular flexibility index (Phi) is 6.79. The van der Waals surface area contributed by atoms with Gasteiger partial charge in [0.25, 0.3) is 0 Å². The Labute approximate surface area is 174 Å². The van der Waals surface area contributed by atoms with Crippen LogP contribution in [-0.2, 0) is 10.8 Å². The first-order valence-corrected chi connectivity index (χ1v) is 13.5. The van der Waals surface area contributed by atoms with Crippen LogP contribution in [-0.4, -0.2) is 24.9 Å². The predicted molar refractivity (Wildman–Crippen MR) is 125 cm³/mol. The highest BCUT2D eigenvalue weighted by molar-refractivity contribution is 7.17. The maximum atomic E-state index is 6.67. The van der Waals surface area contributed by atoms with Crippen LogP contribution < -0.4 is 0 Å². The van der Waals surface area contributed by atoms with Gasteiger partial charge in [0, 0.05) is 23.3 Å². The van der Waals surface area contributed by atoms with E-state index in [-0.39, 0.29) is 0 Å². The fourth-order valence-corrected chi connectivity index (χ4v) is 11.1. The van der Waals surface area contributed by atoms with E-state index in [1.165, 1.54) is 15.6 Å². The number of hydrogen-bond acceptors (Lipinski definition) is 3. The average Bonchev–Trinajstić information content (AvgIpc) is 3.29. The van der Waals surface area contributed by atoms with Crippen LogP contribution in [0.25, 0.3) is 21.3 Å². The maximum Gasteiger partial charge on any atom is 0.200 e. The molecule has 5 heteroatoms. The molecule has 3 rings (SSSR count). The van der Waals surface area contributed by atoms with Gasteiger partial charge < -0.3 is 9.41 Å². The highest BCUT2D eigenvalue weighted by atomic mass is 32.1. The molecule has 0 aliphatic rings. The van der Waals surface area contributed by atoms with E-state index in [0.717, 1.165) is 31.0 Å². The van der Waals surface area contributed by atoms with Crippen LogP contribution in [0.15, 0.2) is 35.8 Å². The van der Waals surface area contributed by atoms with Crippen molar-refractivity contribution >= 4 is 29.7 Å². The number of rotatable bonds is 9. The van der Waals surface area contributed by atoms with E-state index < -0.39 is 8.32 Å². The van der Waals surface area contributed by atoms with Crippen LogP contribution in [0.2, 0.25) is 16.6 Å². The van der Waals surface area contributed by atoms with E-state index >= 15 is 0 Å². The van der Waals surface area contributed by atoms with Gasteiger partial charge in [-0.05, 0) is 45.9 Å². The highest BCUT2D eigenvalue weighted by Crippen LogP contribution is 2.42. The van der Waals surface area contributed by atoms with Gasteiger partial charge >= 0.3 is 0 Å². The molecule has 0 saturated heterocycles. The number of fused-ring (bicyclic) bond motifs is 1. The zero-order valence-corrected chi connectivity index (χ0v) is 19.9. The first kappa shape index (κ1) is 21.3. The lowest BCUT2D eigenvalue weighted by atomic mass is 10.1. The quantitative estimate of drug-likeness (QED) is 0.292. The monoisotopic (exact) mass is 414 g/mol. The van der Waals surface area contributed by atoms with Crippen molar-refractivity contribution in [3.8, 4) is 11.3 Å². The van der Waals surface area contributed by atoms with Crippen LogP contribution in [0.1, 0.15) is 53.8 Å². The van der Waals surface area contributed by atoms with Crippen molar-refractivity contribution in [1.29, 1.82) is 0 Å². The van der Waals surface area contributed by atoms with Crippen molar-refractivity contribution < 1.29 is 4.43 Å². The first-order chi connectivity index (χ1) is 13.3. The van der Waals surface area contributed by atoms with Crippen LogP contribution in [0.3, 0.4) is 0 Å². The van der Waals surface area contributed by atoms with Crippen LogP contribution in [0.5, 0.6) is 0 Å². The Morgan fingerprint density at radius 1 is 1.04 bits per heavy atom. The molecular weight excluding hydrogens is 380 g/mol. The molecule has 0 fully saturated rings. The molecule has 0 spiro atoms. The molecule has 0 unspecified atom stereocenters. The summed E-state index contributed by atoms with van der Waals surface area (Å²) in [5.41, 5.74) is 4.21. The third-order valence-electron chi connectivity index (χ3n) is 6.01. The number of hydrogen-bond donors (Lipinski definition) is 1. The molecule has 0 radical (unpaired) electrons. The first-order valence-electron chi connectivity index (χ1n) is 10.5. The van der Waals surface area contributed by atoms with Gasteiger partial charge in [-0.2, -0.15) is 0 Å². The number of nitrogens with zero attached hydrogens (tertiary/aromatic N) is 1. The van der Waals surface area contributed by atoms with Gasteiger partial charge in [-0.1, -0.05) is 53.7 Å². The number of H-pyrrole nitrogens is 1. The Morgan fingerprint density at radius 2 is 1.75 bits per heavy atom. The smallest absolute Gasteiger partial charge is 0.200 e. The molecular formula is C23H34N2OSSi. The topological polar surface area (TPSA) is 37.9 Å². The lowest BCUT2D eigenvalue weighted by Crippen LogP contribution is -2.48. The molecule has 2 aromatic heterocycles. The second-order valence-corrected chi connectivity index (χ2v) is 15.1. The molecule has 2 heterocycles. The Bertz CT molecular complexity index is 875. The minimum atomic E-state index is -1.76. The molecule has 152 valence electrons. The number of benzene rings is 1. The fraction of sp³-hybridized carbons (Fsp3) is 0.522. The van der Waals surface area contributed by atoms with Crippen molar-refractivity contribution in [3.05, 3.63) is 41.7 Å². The lowest BCUT2D eigenvalue weighted by molar-refractivity contribution is 0.272. The normalized spacial score (nSPS) is 12.8. The summed E-state index contributed by atoms with van der Waals surface area (Å²) >= 11 is 1.78. The van der Waals surface area contributed by atoms with Crippen LogP contribution in [0, 0.1) is 0 Å². The number of nitrogens with one attached hydrogen (secondary N) is 1. The predicted octanol–water partition coefficient (Wildman–Crippen LogP) is 7.42. The average molecular weight is 415 g/mol. The maximum absolute atomic E-state index is 6.67. The highest BCUT2D eigenvalue weighted by Gasteiger charge is 2.44. The third kappa shape index (κ3) is 4.26. The third-order valence-corrected chi connectivity index (χ3v) is 13.0. The number of aromatic nitrogens is 2. The van der Waals surface area contributed by atoms with Gasteiger partial charge in [-0.15, -0.1) is 11.3 Å². The summed E-state index contributed by atoms with van der Waals surface area (Å²) in [5.74, 6) is 1.05. The van der Waals surface area contributed by atoms with Crippen molar-refractivity contribution in [2.75, 3.05) is 6.61 Å². The largest absolute Gasteiger partial charge is 0.416 e. The lowest BCUT2D eigenvalue weighted by Gasteiger charge is -2.42. The molecule has 28 heavy (non-hydrogen) atoms. The van der Waals surface area contributed by atoms with E-state index in [1.807, 2.05) is 6.20 Å². The number of aromatic amines is 1. The Balaban J connectivity index is 1.60. The van der Waals surface area contributed by atoms with Gasteiger partial charge in [-0.25, -0.2) is 4.98 Å². The minimum Gasteiger partial charge on any atom is -0.416 e. The van der Waals surface area contributed by atoms with Gasteiger partial charge in [-0.3, -0.25) is 0 Å². The molecule has 1 N–H and O–H groups in total. The molecule has 0 bridgehead atoms. The standard InChI is InChI=1S/C23H34N2OSSi/c1-16(2)28(17(3)4,18(5)6)26-12-7-8-23-24-15-21(25-23)20-10-9-19-11-13-27-22(19)14-20/h9-11,13-18H,7-8,12H2,1-6H3,(H,24,25). The Morgan fingerprint density at radius 3 is 2.43 bits per heavy atom. The molecule has 1 aromatic carbocycles. The molecule has 3 aromatic rings. The molecule has 0 aliphatic heterocycles. The van der Waals surface area contributed by atoms with Gasteiger partial charge in [0.15, 0.2) is 8.32 Å². The van der Waals surface area contributed by atoms with E-state index in [0.29, 0.717) is 16.6 Å². The van der Waals surface area contributed by atoms with Gasteiger partial charge in [0.05, 0.1) is 11.9 Å². The zero-order chi connectivity index (χ0) is 20.3. The van der Waals surface area contributed by atoms with E-state index in [4.69, 9.17) is 4.43 Å². The molecule has 0 aliphatic carbocycles. The van der Waals surface area contributed by atoms with Crippen molar-refractivity contribution in [2.24, 2.45) is 0 Å². The van der Waals surface area contributed by atoms with E-state index in [9.17, 15) is 0 Å². The molecule has 0 amide bonds. The summed E-state index contributed by atoms with van der Waals surface area (Å²) in [4.78, 5) is 8.10. The summed E-state index contributed by atoms with van der Waals surface area (Å²) in [6.07, 6.45) is 3.90. The zero-order valence-electron chi connectivity index (χ0n) is 18.1. The summed E-state index contributed by atoms with van der Waals surface area (Å²) in [6, 6.07) is 8.76. The number of imidazole rings is 1. The number of thiophene rings is 1. The second kappa shape index (κ2) is 8.93. The van der Waals surface area contributed by atoms with Crippen molar-refractivity contribution in [1.82, 2.24) is 9.97 Å². The summed E-state index contributed by atoms with van der Waals surface area (Å²) in [7, 11) is -1.76. The molecule has 3 nitrogen and oxygen atoms in total. The summed E-state index contributed by atoms with van der Waals surface area (Å²) in [5, 5.41) is 3.44. The molecule has 0 atom stereocenters. The summed E-state index contributed by atoms with van der Waals surface area (Å²) < 4.78 is 7.98. The fourth-order valence-electron chi connectivity index (χ4n) is 4.75. The Hall–Kier alpha value is -1.43. The van der Waals surface area contributed by atoms with Gasteiger partial charge in [0.2, 0.25) is 0 Å².